The van der Waals surface area contributed by atoms with E-state index in [2.05, 4.69) is 12.6 Å². The third kappa shape index (κ3) is 1.39. The molecule has 0 fully saturated rings. The average molecular weight is 227 g/mol. The van der Waals surface area contributed by atoms with Crippen LogP contribution in [-0.4, -0.2) is 18.6 Å². The molecule has 1 aromatic rings. The second kappa shape index (κ2) is 3.77. The van der Waals surface area contributed by atoms with Crippen LogP contribution in [0.5, 0.6) is 0 Å². The molecule has 1 amide bonds. The van der Waals surface area contributed by atoms with Crippen molar-refractivity contribution in [3.63, 3.8) is 0 Å². The highest BCUT2D eigenvalue weighted by atomic mass is 16.5. The minimum absolute atomic E-state index is 0.0126. The van der Waals surface area contributed by atoms with Gasteiger partial charge >= 0.3 is 0 Å². The van der Waals surface area contributed by atoms with Crippen molar-refractivity contribution in [3.8, 4) is 0 Å². The summed E-state index contributed by atoms with van der Waals surface area (Å²) in [6, 6.07) is 7.96. The van der Waals surface area contributed by atoms with Gasteiger partial charge in [-0.2, -0.15) is 0 Å². The van der Waals surface area contributed by atoms with Crippen LogP contribution in [0.2, 0.25) is 0 Å². The van der Waals surface area contributed by atoms with E-state index in [1.54, 1.807) is 17.2 Å². The van der Waals surface area contributed by atoms with Gasteiger partial charge in [0.15, 0.2) is 6.10 Å². The van der Waals surface area contributed by atoms with E-state index >= 15 is 0 Å². The fourth-order valence-electron chi connectivity index (χ4n) is 2.48. The number of hydrogen-bond acceptors (Lipinski definition) is 2. The van der Waals surface area contributed by atoms with Crippen LogP contribution in [0.15, 0.2) is 49.3 Å². The Balaban J connectivity index is 2.13. The maximum atomic E-state index is 12.3. The Labute approximate surface area is 100.0 Å². The molecule has 2 atom stereocenters. The molecule has 2 aliphatic rings. The SMILES string of the molecule is C=CCN1C(=O)C2OC=CC2c2ccccc21. The summed E-state index contributed by atoms with van der Waals surface area (Å²) in [6.07, 6.45) is 4.91. The zero-order chi connectivity index (χ0) is 11.8. The number of nitrogens with zero attached hydrogens (tertiary/aromatic N) is 1. The molecular weight excluding hydrogens is 214 g/mol. The molecule has 2 heterocycles. The molecule has 17 heavy (non-hydrogen) atoms. The van der Waals surface area contributed by atoms with Gasteiger partial charge in [-0.3, -0.25) is 4.79 Å². The summed E-state index contributed by atoms with van der Waals surface area (Å²) in [5.74, 6) is 0.0679. The molecule has 3 rings (SSSR count). The van der Waals surface area contributed by atoms with Gasteiger partial charge in [0.2, 0.25) is 0 Å². The molecule has 0 spiro atoms. The fourth-order valence-corrected chi connectivity index (χ4v) is 2.48. The average Bonchev–Trinajstić information content (AvgIpc) is 2.84. The first-order valence-corrected chi connectivity index (χ1v) is 5.66. The number of rotatable bonds is 2. The summed E-state index contributed by atoms with van der Waals surface area (Å²) in [4.78, 5) is 14.0. The van der Waals surface area contributed by atoms with Gasteiger partial charge in [-0.25, -0.2) is 0 Å². The molecule has 0 radical (unpaired) electrons. The lowest BCUT2D eigenvalue weighted by Crippen LogP contribution is -2.45. The van der Waals surface area contributed by atoms with Crippen LogP contribution >= 0.6 is 0 Å². The number of ether oxygens (including phenoxy) is 1. The Hall–Kier alpha value is -2.03. The van der Waals surface area contributed by atoms with Gasteiger partial charge in [-0.15, -0.1) is 6.58 Å². The number of benzene rings is 1. The van der Waals surface area contributed by atoms with Crippen LogP contribution in [-0.2, 0) is 9.53 Å². The summed E-state index contributed by atoms with van der Waals surface area (Å²) in [5.41, 5.74) is 2.11. The summed E-state index contributed by atoms with van der Waals surface area (Å²) < 4.78 is 5.40. The number of hydrogen-bond donors (Lipinski definition) is 0. The van der Waals surface area contributed by atoms with Gasteiger partial charge in [-0.1, -0.05) is 24.3 Å². The predicted octanol–water partition coefficient (Wildman–Crippen LogP) is 2.22. The molecule has 2 unspecified atom stereocenters. The van der Waals surface area contributed by atoms with Crippen molar-refractivity contribution >= 4 is 11.6 Å². The molecule has 86 valence electrons. The first-order valence-electron chi connectivity index (χ1n) is 5.66. The van der Waals surface area contributed by atoms with Crippen molar-refractivity contribution in [2.45, 2.75) is 12.0 Å². The van der Waals surface area contributed by atoms with Gasteiger partial charge in [-0.05, 0) is 17.7 Å². The van der Waals surface area contributed by atoms with Crippen LogP contribution < -0.4 is 4.90 Å². The Bertz CT molecular complexity index is 507. The van der Waals surface area contributed by atoms with E-state index in [1.165, 1.54) is 0 Å². The van der Waals surface area contributed by atoms with E-state index in [0.29, 0.717) is 6.54 Å². The highest BCUT2D eigenvalue weighted by molar-refractivity contribution is 6.01. The highest BCUT2D eigenvalue weighted by Gasteiger charge is 2.41. The molecule has 0 bridgehead atoms. The van der Waals surface area contributed by atoms with Crippen molar-refractivity contribution in [1.82, 2.24) is 0 Å². The smallest absolute Gasteiger partial charge is 0.269 e. The first kappa shape index (κ1) is 10.1. The normalized spacial score (nSPS) is 25.2. The lowest BCUT2D eigenvalue weighted by Gasteiger charge is -2.34. The molecule has 0 aliphatic carbocycles. The zero-order valence-electron chi connectivity index (χ0n) is 9.37. The molecule has 0 N–H and O–H groups in total. The Morgan fingerprint density at radius 2 is 2.24 bits per heavy atom. The van der Waals surface area contributed by atoms with E-state index in [0.717, 1.165) is 11.3 Å². The lowest BCUT2D eigenvalue weighted by molar-refractivity contribution is -0.127. The summed E-state index contributed by atoms with van der Waals surface area (Å²) in [6.45, 7) is 4.21. The molecule has 3 heteroatoms. The summed E-state index contributed by atoms with van der Waals surface area (Å²) in [5, 5.41) is 0. The van der Waals surface area contributed by atoms with Gasteiger partial charge < -0.3 is 9.64 Å². The third-order valence-electron chi connectivity index (χ3n) is 3.25. The Kier molecular flexibility index (Phi) is 2.25. The number of carbonyl (C=O) groups is 1. The molecule has 3 nitrogen and oxygen atoms in total. The van der Waals surface area contributed by atoms with Gasteiger partial charge in [0.05, 0.1) is 12.2 Å². The molecule has 1 aromatic carbocycles. The second-order valence-corrected chi connectivity index (χ2v) is 4.21. The maximum absolute atomic E-state index is 12.3. The third-order valence-corrected chi connectivity index (χ3v) is 3.25. The minimum atomic E-state index is -0.398. The van der Waals surface area contributed by atoms with Crippen molar-refractivity contribution in [2.75, 3.05) is 11.4 Å². The van der Waals surface area contributed by atoms with Crippen LogP contribution in [0.3, 0.4) is 0 Å². The topological polar surface area (TPSA) is 29.5 Å². The number of carbonyl (C=O) groups excluding carboxylic acids is 1. The number of fused-ring (bicyclic) bond motifs is 3. The van der Waals surface area contributed by atoms with Crippen molar-refractivity contribution in [2.24, 2.45) is 0 Å². The minimum Gasteiger partial charge on any atom is -0.488 e. The van der Waals surface area contributed by atoms with E-state index in [9.17, 15) is 4.79 Å². The van der Waals surface area contributed by atoms with Crippen molar-refractivity contribution in [3.05, 3.63) is 54.8 Å². The van der Waals surface area contributed by atoms with Gasteiger partial charge in [0.1, 0.15) is 0 Å². The lowest BCUT2D eigenvalue weighted by atomic mass is 9.88. The quantitative estimate of drug-likeness (QED) is 0.725. The Morgan fingerprint density at radius 3 is 3.06 bits per heavy atom. The van der Waals surface area contributed by atoms with E-state index in [4.69, 9.17) is 4.74 Å². The summed E-state index contributed by atoms with van der Waals surface area (Å²) >= 11 is 0. The fraction of sp³-hybridized carbons (Fsp3) is 0.214. The predicted molar refractivity (Wildman–Crippen MR) is 65.7 cm³/mol. The number of para-hydroxylation sites is 1. The van der Waals surface area contributed by atoms with Crippen LogP contribution in [0.25, 0.3) is 0 Å². The standard InChI is InChI=1S/C14H13NO2/c1-2-8-15-12-6-4-3-5-10(12)11-7-9-17-13(11)14(15)16/h2-7,9,11,13H,1,8H2. The Morgan fingerprint density at radius 1 is 1.41 bits per heavy atom. The van der Waals surface area contributed by atoms with Gasteiger partial charge in [0.25, 0.3) is 5.91 Å². The van der Waals surface area contributed by atoms with E-state index < -0.39 is 6.10 Å². The van der Waals surface area contributed by atoms with Crippen LogP contribution in [0.4, 0.5) is 5.69 Å². The van der Waals surface area contributed by atoms with E-state index in [-0.39, 0.29) is 11.8 Å². The van der Waals surface area contributed by atoms with Crippen LogP contribution in [0, 0.1) is 0 Å². The second-order valence-electron chi connectivity index (χ2n) is 4.21. The van der Waals surface area contributed by atoms with E-state index in [1.807, 2.05) is 24.3 Å². The van der Waals surface area contributed by atoms with Crippen LogP contribution in [0.1, 0.15) is 11.5 Å². The van der Waals surface area contributed by atoms with Crippen molar-refractivity contribution in [1.29, 1.82) is 0 Å². The molecule has 0 aromatic heterocycles. The molecule has 0 saturated heterocycles. The van der Waals surface area contributed by atoms with Crippen molar-refractivity contribution < 1.29 is 9.53 Å². The number of amides is 1. The summed E-state index contributed by atoms with van der Waals surface area (Å²) in [7, 11) is 0. The first-order chi connectivity index (χ1) is 8.33. The molecule has 0 saturated carbocycles. The monoisotopic (exact) mass is 227 g/mol. The number of anilines is 1. The zero-order valence-corrected chi connectivity index (χ0v) is 9.37. The maximum Gasteiger partial charge on any atom is 0.269 e. The molecule has 2 aliphatic heterocycles. The molecular formula is C14H13NO2. The van der Waals surface area contributed by atoms with Gasteiger partial charge in [0, 0.05) is 12.2 Å². The largest absolute Gasteiger partial charge is 0.488 e. The highest BCUT2D eigenvalue weighted by Crippen LogP contribution is 2.40.